The van der Waals surface area contributed by atoms with Crippen molar-refractivity contribution in [1.29, 1.82) is 0 Å². The molecule has 1 fully saturated rings. The molecule has 2 aromatic heterocycles. The average Bonchev–Trinajstić information content (AvgIpc) is 3.52. The molecule has 8 nitrogen and oxygen atoms in total. The van der Waals surface area contributed by atoms with E-state index in [0.29, 0.717) is 0 Å². The van der Waals surface area contributed by atoms with Crippen molar-refractivity contribution in [3.8, 4) is 22.4 Å². The van der Waals surface area contributed by atoms with E-state index in [-0.39, 0.29) is 11.4 Å². The number of H-pyrrole nitrogens is 1. The fraction of sp³-hybridized carbons (Fsp3) is 0.265. The van der Waals surface area contributed by atoms with E-state index >= 15 is 0 Å². The first kappa shape index (κ1) is 27.6. The zero-order valence-corrected chi connectivity index (χ0v) is 24.3. The molecule has 0 unspecified atom stereocenters. The van der Waals surface area contributed by atoms with Crippen molar-refractivity contribution in [2.45, 2.75) is 32.7 Å². The van der Waals surface area contributed by atoms with Crippen molar-refractivity contribution in [3.63, 3.8) is 0 Å². The maximum Gasteiger partial charge on any atom is 0.323 e. The van der Waals surface area contributed by atoms with E-state index in [1.165, 1.54) is 0 Å². The molecule has 0 bridgehead atoms. The number of nitrogens with one attached hydrogen (secondary N) is 3. The number of aromatic amines is 1. The predicted octanol–water partition coefficient (Wildman–Crippen LogP) is 7.07. The minimum absolute atomic E-state index is 0.0681. The summed E-state index contributed by atoms with van der Waals surface area (Å²) in [5.74, 6) is 0. The highest BCUT2D eigenvalue weighted by Crippen LogP contribution is 2.35. The molecule has 6 rings (SSSR count). The minimum Gasteiger partial charge on any atom is -0.379 e. The Morgan fingerprint density at radius 1 is 0.905 bits per heavy atom. The van der Waals surface area contributed by atoms with Crippen molar-refractivity contribution in [2.75, 3.05) is 36.9 Å². The Balaban J connectivity index is 1.27. The normalized spacial score (nSPS) is 14.2. The summed E-state index contributed by atoms with van der Waals surface area (Å²) in [5, 5.41) is 15.1. The number of carbonyl (C=O) groups is 1. The van der Waals surface area contributed by atoms with Gasteiger partial charge < -0.3 is 15.4 Å². The largest absolute Gasteiger partial charge is 0.379 e. The van der Waals surface area contributed by atoms with Gasteiger partial charge in [-0.25, -0.2) is 4.79 Å². The van der Waals surface area contributed by atoms with Gasteiger partial charge in [0.15, 0.2) is 0 Å². The van der Waals surface area contributed by atoms with Crippen LogP contribution in [0.4, 0.5) is 16.2 Å². The van der Waals surface area contributed by atoms with E-state index in [9.17, 15) is 4.79 Å². The third kappa shape index (κ3) is 6.05. The second kappa shape index (κ2) is 11.8. The van der Waals surface area contributed by atoms with Gasteiger partial charge in [-0.05, 0) is 40.6 Å². The Morgan fingerprint density at radius 3 is 2.43 bits per heavy atom. The highest BCUT2D eigenvalue weighted by Gasteiger charge is 2.19. The molecule has 42 heavy (non-hydrogen) atoms. The number of fused-ring (bicyclic) bond motifs is 1. The van der Waals surface area contributed by atoms with E-state index in [0.717, 1.165) is 88.6 Å². The van der Waals surface area contributed by atoms with Crippen LogP contribution < -0.4 is 10.6 Å². The average molecular weight is 561 g/mol. The molecule has 1 aliphatic rings. The number of nitrogens with zero attached hydrogens (tertiary/aromatic N) is 3. The lowest BCUT2D eigenvalue weighted by atomic mass is 9.85. The van der Waals surface area contributed by atoms with Gasteiger partial charge in [-0.1, -0.05) is 69.3 Å². The van der Waals surface area contributed by atoms with Gasteiger partial charge in [0.05, 0.1) is 42.2 Å². The van der Waals surface area contributed by atoms with Gasteiger partial charge in [-0.3, -0.25) is 15.0 Å². The summed E-state index contributed by atoms with van der Waals surface area (Å²) in [6, 6.07) is 24.2. The maximum absolute atomic E-state index is 13.4. The number of aromatic nitrogens is 3. The minimum atomic E-state index is -0.311. The molecule has 3 heterocycles. The number of benzene rings is 3. The summed E-state index contributed by atoms with van der Waals surface area (Å²) in [6.45, 7) is 10.6. The van der Waals surface area contributed by atoms with Crippen LogP contribution in [0.25, 0.3) is 33.2 Å². The third-order valence-electron chi connectivity index (χ3n) is 7.69. The molecule has 0 aliphatic carbocycles. The Morgan fingerprint density at radius 2 is 1.67 bits per heavy atom. The molecule has 1 saturated heterocycles. The van der Waals surface area contributed by atoms with Gasteiger partial charge in [-0.15, -0.1) is 0 Å². The van der Waals surface area contributed by atoms with Gasteiger partial charge in [0.25, 0.3) is 0 Å². The lowest BCUT2D eigenvalue weighted by Gasteiger charge is -2.26. The summed E-state index contributed by atoms with van der Waals surface area (Å²) in [5.41, 5.74) is 7.30. The molecule has 214 valence electrons. The second-order valence-corrected chi connectivity index (χ2v) is 11.7. The Kier molecular flexibility index (Phi) is 7.73. The number of pyridine rings is 1. The number of urea groups is 1. The van der Waals surface area contributed by atoms with Crippen LogP contribution in [0.1, 0.15) is 32.0 Å². The highest BCUT2D eigenvalue weighted by molar-refractivity contribution is 6.10. The molecule has 8 heteroatoms. The van der Waals surface area contributed by atoms with Crippen molar-refractivity contribution in [3.05, 3.63) is 96.4 Å². The topological polar surface area (TPSA) is 95.2 Å². The van der Waals surface area contributed by atoms with E-state index in [1.54, 1.807) is 6.20 Å². The van der Waals surface area contributed by atoms with Crippen molar-refractivity contribution in [2.24, 2.45) is 0 Å². The van der Waals surface area contributed by atoms with Crippen molar-refractivity contribution < 1.29 is 9.53 Å². The molecule has 0 radical (unpaired) electrons. The summed E-state index contributed by atoms with van der Waals surface area (Å²) in [4.78, 5) is 20.8. The van der Waals surface area contributed by atoms with Gasteiger partial charge in [0, 0.05) is 47.9 Å². The van der Waals surface area contributed by atoms with E-state index in [1.807, 2.05) is 54.7 Å². The fourth-order valence-corrected chi connectivity index (χ4v) is 5.38. The lowest BCUT2D eigenvalue weighted by molar-refractivity contribution is 0.0336. The number of morpholine rings is 1. The number of amides is 2. The van der Waals surface area contributed by atoms with Crippen LogP contribution in [0.5, 0.6) is 0 Å². The van der Waals surface area contributed by atoms with Gasteiger partial charge in [0.1, 0.15) is 0 Å². The van der Waals surface area contributed by atoms with Crippen LogP contribution >= 0.6 is 0 Å². The van der Waals surface area contributed by atoms with Crippen LogP contribution in [0.3, 0.4) is 0 Å². The quantitative estimate of drug-likeness (QED) is 0.207. The molecule has 0 atom stereocenters. The molecular weight excluding hydrogens is 524 g/mol. The Hall–Kier alpha value is -4.53. The zero-order chi connectivity index (χ0) is 29.1. The molecule has 3 N–H and O–H groups in total. The van der Waals surface area contributed by atoms with Crippen LogP contribution in [0.2, 0.25) is 0 Å². The van der Waals surface area contributed by atoms with Crippen LogP contribution in [-0.2, 0) is 16.7 Å². The molecule has 5 aromatic rings. The first-order valence-electron chi connectivity index (χ1n) is 14.3. The number of hydrogen-bond donors (Lipinski definition) is 3. The van der Waals surface area contributed by atoms with Gasteiger partial charge in [-0.2, -0.15) is 5.10 Å². The number of ether oxygens (including phenoxy) is 1. The molecule has 2 amide bonds. The van der Waals surface area contributed by atoms with E-state index < -0.39 is 0 Å². The first-order chi connectivity index (χ1) is 20.3. The number of hydrogen-bond acceptors (Lipinski definition) is 5. The molecular formula is C34H36N6O2. The predicted molar refractivity (Wildman–Crippen MR) is 169 cm³/mol. The molecule has 3 aromatic carbocycles. The molecule has 1 aliphatic heterocycles. The van der Waals surface area contributed by atoms with Crippen molar-refractivity contribution >= 4 is 28.2 Å². The third-order valence-corrected chi connectivity index (χ3v) is 7.69. The highest BCUT2D eigenvalue weighted by atomic mass is 16.5. The van der Waals surface area contributed by atoms with Crippen LogP contribution in [0, 0.1) is 0 Å². The first-order valence-corrected chi connectivity index (χ1v) is 14.3. The summed E-state index contributed by atoms with van der Waals surface area (Å²) in [7, 11) is 0. The van der Waals surface area contributed by atoms with Gasteiger partial charge in [0.2, 0.25) is 0 Å². The summed E-state index contributed by atoms with van der Waals surface area (Å²) in [6.07, 6.45) is 3.58. The van der Waals surface area contributed by atoms with Crippen molar-refractivity contribution in [1.82, 2.24) is 20.1 Å². The number of rotatable bonds is 6. The smallest absolute Gasteiger partial charge is 0.323 e. The second-order valence-electron chi connectivity index (χ2n) is 11.7. The molecule has 0 saturated carbocycles. The standard InChI is InChI=1S/C34H36N6O2/c1-34(2,3)24-11-12-26(23-20-35-36-21-23)32(19-24)39-33(41)38-31-14-13-29(27-8-4-5-9-28(27)31)30-10-6-7-25(37-30)22-40-15-17-42-18-16-40/h4-14,19-21H,15-18,22H2,1-3H3,(H,35,36)(H2,38,39,41). The maximum atomic E-state index is 13.4. The zero-order valence-electron chi connectivity index (χ0n) is 24.3. The summed E-state index contributed by atoms with van der Waals surface area (Å²) >= 11 is 0. The molecule has 0 spiro atoms. The Bertz CT molecular complexity index is 1700. The SMILES string of the molecule is CC(C)(C)c1ccc(-c2cn[nH]c2)c(NC(=O)Nc2ccc(-c3cccc(CN4CCOCC4)n3)c3ccccc23)c1. The van der Waals surface area contributed by atoms with Gasteiger partial charge >= 0.3 is 6.03 Å². The number of anilines is 2. The Labute approximate surface area is 246 Å². The van der Waals surface area contributed by atoms with E-state index in [4.69, 9.17) is 9.72 Å². The monoisotopic (exact) mass is 560 g/mol. The van der Waals surface area contributed by atoms with Crippen LogP contribution in [0.15, 0.2) is 85.2 Å². The summed E-state index contributed by atoms with van der Waals surface area (Å²) < 4.78 is 5.49. The van der Waals surface area contributed by atoms with Crippen LogP contribution in [-0.4, -0.2) is 52.4 Å². The fourth-order valence-electron chi connectivity index (χ4n) is 5.38. The number of carbonyl (C=O) groups excluding carboxylic acids is 1. The lowest BCUT2D eigenvalue weighted by Crippen LogP contribution is -2.35. The van der Waals surface area contributed by atoms with E-state index in [2.05, 4.69) is 70.8 Å².